The van der Waals surface area contributed by atoms with Gasteiger partial charge < -0.3 is 9.64 Å². The van der Waals surface area contributed by atoms with Gasteiger partial charge in [0.25, 0.3) is 0 Å². The number of nitrogens with zero attached hydrogens (tertiary/aromatic N) is 1. The van der Waals surface area contributed by atoms with E-state index >= 15 is 0 Å². The van der Waals surface area contributed by atoms with Crippen molar-refractivity contribution in [3.05, 3.63) is 0 Å². The monoisotopic (exact) mass is 143 g/mol. The van der Waals surface area contributed by atoms with E-state index in [1.165, 1.54) is 11.9 Å². The molecular weight excluding hydrogens is 134 g/mol. The first-order valence-electron chi connectivity index (χ1n) is 3.07. The Morgan fingerprint density at radius 1 is 1.80 bits per heavy atom. The predicted molar refractivity (Wildman–Crippen MR) is 33.2 cm³/mol. The van der Waals surface area contributed by atoms with E-state index in [0.29, 0.717) is 19.4 Å². The van der Waals surface area contributed by atoms with Crippen molar-refractivity contribution in [2.45, 2.75) is 12.6 Å². The van der Waals surface area contributed by atoms with Crippen LogP contribution in [-0.2, 0) is 14.3 Å². The van der Waals surface area contributed by atoms with E-state index in [9.17, 15) is 9.59 Å². The maximum Gasteiger partial charge on any atom is 0.211 e. The van der Waals surface area contributed by atoms with Crippen LogP contribution in [0.25, 0.3) is 0 Å². The summed E-state index contributed by atoms with van der Waals surface area (Å²) >= 11 is 0. The van der Waals surface area contributed by atoms with Crippen LogP contribution in [0.5, 0.6) is 0 Å². The Kier molecular flexibility index (Phi) is 2.01. The minimum absolute atomic E-state index is 0.0189. The summed E-state index contributed by atoms with van der Waals surface area (Å²) in [6.45, 7) is 0.432. The second-order valence-corrected chi connectivity index (χ2v) is 2.21. The van der Waals surface area contributed by atoms with Crippen LogP contribution in [-0.4, -0.2) is 37.0 Å². The Hall–Kier alpha value is -0.900. The van der Waals surface area contributed by atoms with Crippen molar-refractivity contribution in [1.82, 2.24) is 4.90 Å². The Morgan fingerprint density at radius 3 is 2.90 bits per heavy atom. The maximum absolute atomic E-state index is 10.8. The fourth-order valence-corrected chi connectivity index (χ4v) is 0.888. The lowest BCUT2D eigenvalue weighted by atomic mass is 10.3. The molecule has 1 saturated heterocycles. The number of rotatable bonds is 2. The molecular formula is C6H9NO3. The highest BCUT2D eigenvalue weighted by molar-refractivity contribution is 5.85. The SMILES string of the molecule is CN(C=O)C1OCCC1=O. The molecule has 1 heterocycles. The van der Waals surface area contributed by atoms with Crippen LogP contribution in [0.4, 0.5) is 0 Å². The number of likely N-dealkylation sites (N-methyl/N-ethyl adjacent to an activating group) is 1. The summed E-state index contributed by atoms with van der Waals surface area (Å²) in [7, 11) is 1.53. The number of ketones is 1. The molecule has 0 aromatic heterocycles. The Bertz CT molecular complexity index is 157. The van der Waals surface area contributed by atoms with Gasteiger partial charge in [-0.15, -0.1) is 0 Å². The average molecular weight is 143 g/mol. The summed E-state index contributed by atoms with van der Waals surface area (Å²) in [6, 6.07) is 0. The summed E-state index contributed by atoms with van der Waals surface area (Å²) in [5.41, 5.74) is 0. The van der Waals surface area contributed by atoms with Crippen molar-refractivity contribution < 1.29 is 14.3 Å². The van der Waals surface area contributed by atoms with Crippen LogP contribution >= 0.6 is 0 Å². The number of Topliss-reactive ketones (excluding diaryl/α,β-unsaturated/α-hetero) is 1. The van der Waals surface area contributed by atoms with Gasteiger partial charge in [0.05, 0.1) is 6.61 Å². The maximum atomic E-state index is 10.8. The topological polar surface area (TPSA) is 46.6 Å². The van der Waals surface area contributed by atoms with Gasteiger partial charge in [-0.1, -0.05) is 0 Å². The van der Waals surface area contributed by atoms with Crippen LogP contribution < -0.4 is 0 Å². The Labute approximate surface area is 58.8 Å². The molecule has 1 fully saturated rings. The first kappa shape index (κ1) is 7.21. The van der Waals surface area contributed by atoms with E-state index < -0.39 is 6.23 Å². The minimum Gasteiger partial charge on any atom is -0.350 e. The molecule has 1 atom stereocenters. The fourth-order valence-electron chi connectivity index (χ4n) is 0.888. The lowest BCUT2D eigenvalue weighted by Crippen LogP contribution is -2.34. The van der Waals surface area contributed by atoms with E-state index in [2.05, 4.69) is 0 Å². The van der Waals surface area contributed by atoms with E-state index in [1.54, 1.807) is 0 Å². The molecule has 1 aliphatic heterocycles. The summed E-state index contributed by atoms with van der Waals surface area (Å²) < 4.78 is 4.96. The van der Waals surface area contributed by atoms with Crippen LogP contribution in [0.2, 0.25) is 0 Å². The van der Waals surface area contributed by atoms with Crippen molar-refractivity contribution in [1.29, 1.82) is 0 Å². The molecule has 1 rings (SSSR count). The van der Waals surface area contributed by atoms with E-state index in [0.717, 1.165) is 0 Å². The third kappa shape index (κ3) is 1.16. The highest BCUT2D eigenvalue weighted by Gasteiger charge is 2.28. The van der Waals surface area contributed by atoms with Gasteiger partial charge >= 0.3 is 0 Å². The lowest BCUT2D eigenvalue weighted by Gasteiger charge is -2.16. The van der Waals surface area contributed by atoms with Gasteiger partial charge in [-0.3, -0.25) is 9.59 Å². The number of carbonyl (C=O) groups excluding carboxylic acids is 2. The van der Waals surface area contributed by atoms with Crippen molar-refractivity contribution in [3.8, 4) is 0 Å². The smallest absolute Gasteiger partial charge is 0.211 e. The standard InChI is InChI=1S/C6H9NO3/c1-7(4-8)6-5(9)2-3-10-6/h4,6H,2-3H2,1H3. The normalized spacial score (nSPS) is 24.9. The molecule has 0 aromatic rings. The van der Waals surface area contributed by atoms with Gasteiger partial charge in [0, 0.05) is 13.5 Å². The summed E-state index contributed by atoms with van der Waals surface area (Å²) in [6.07, 6.45) is 0.383. The number of carbonyl (C=O) groups is 2. The fraction of sp³-hybridized carbons (Fsp3) is 0.667. The number of hydrogen-bond acceptors (Lipinski definition) is 3. The van der Waals surface area contributed by atoms with Gasteiger partial charge in [0.15, 0.2) is 12.0 Å². The molecule has 0 bridgehead atoms. The molecule has 4 nitrogen and oxygen atoms in total. The molecule has 0 aromatic carbocycles. The van der Waals surface area contributed by atoms with Gasteiger partial charge in [-0.05, 0) is 0 Å². The molecule has 56 valence electrons. The second-order valence-electron chi connectivity index (χ2n) is 2.21. The first-order valence-corrected chi connectivity index (χ1v) is 3.07. The van der Waals surface area contributed by atoms with Crippen molar-refractivity contribution in [2.24, 2.45) is 0 Å². The van der Waals surface area contributed by atoms with Gasteiger partial charge in [0.1, 0.15) is 0 Å². The summed E-state index contributed by atoms with van der Waals surface area (Å²) in [5.74, 6) is -0.0189. The van der Waals surface area contributed by atoms with Crippen molar-refractivity contribution >= 4 is 12.2 Å². The van der Waals surface area contributed by atoms with E-state index in [4.69, 9.17) is 4.74 Å². The first-order chi connectivity index (χ1) is 4.75. The molecule has 0 spiro atoms. The molecule has 0 saturated carbocycles. The van der Waals surface area contributed by atoms with Crippen molar-refractivity contribution in [2.75, 3.05) is 13.7 Å². The van der Waals surface area contributed by atoms with Crippen LogP contribution in [0.3, 0.4) is 0 Å². The third-order valence-corrected chi connectivity index (χ3v) is 1.44. The highest BCUT2D eigenvalue weighted by atomic mass is 16.5. The predicted octanol–water partition coefficient (Wildman–Crippen LogP) is -0.610. The lowest BCUT2D eigenvalue weighted by molar-refractivity contribution is -0.138. The average Bonchev–Trinajstić information content (AvgIpc) is 2.34. The molecule has 1 aliphatic rings. The largest absolute Gasteiger partial charge is 0.350 e. The van der Waals surface area contributed by atoms with Crippen LogP contribution in [0.1, 0.15) is 6.42 Å². The molecule has 1 unspecified atom stereocenters. The number of hydrogen-bond donors (Lipinski definition) is 0. The van der Waals surface area contributed by atoms with Gasteiger partial charge in [-0.2, -0.15) is 0 Å². The molecule has 0 aliphatic carbocycles. The molecule has 10 heavy (non-hydrogen) atoms. The zero-order chi connectivity index (χ0) is 7.56. The minimum atomic E-state index is -0.627. The third-order valence-electron chi connectivity index (χ3n) is 1.44. The van der Waals surface area contributed by atoms with Crippen LogP contribution in [0.15, 0.2) is 0 Å². The number of amides is 1. The molecule has 1 amide bonds. The molecule has 0 N–H and O–H groups in total. The Morgan fingerprint density at radius 2 is 2.50 bits per heavy atom. The van der Waals surface area contributed by atoms with E-state index in [1.807, 2.05) is 0 Å². The molecule has 4 heteroatoms. The zero-order valence-corrected chi connectivity index (χ0v) is 5.74. The van der Waals surface area contributed by atoms with Crippen LogP contribution in [0, 0.1) is 0 Å². The Balaban J connectivity index is 2.54. The second kappa shape index (κ2) is 2.79. The number of ether oxygens (including phenoxy) is 1. The highest BCUT2D eigenvalue weighted by Crippen LogP contribution is 2.09. The van der Waals surface area contributed by atoms with Gasteiger partial charge in [0.2, 0.25) is 6.41 Å². The van der Waals surface area contributed by atoms with Gasteiger partial charge in [-0.25, -0.2) is 0 Å². The summed E-state index contributed by atoms with van der Waals surface area (Å²) in [5, 5.41) is 0. The zero-order valence-electron chi connectivity index (χ0n) is 5.74. The van der Waals surface area contributed by atoms with Crippen molar-refractivity contribution in [3.63, 3.8) is 0 Å². The molecule has 0 radical (unpaired) electrons. The summed E-state index contributed by atoms with van der Waals surface area (Å²) in [4.78, 5) is 22.2. The van der Waals surface area contributed by atoms with E-state index in [-0.39, 0.29) is 5.78 Å². The quantitative estimate of drug-likeness (QED) is 0.484.